The van der Waals surface area contributed by atoms with Crippen LogP contribution in [0.5, 0.6) is 0 Å². The number of nitrogens with zero attached hydrogens (tertiary/aromatic N) is 1. The van der Waals surface area contributed by atoms with Crippen molar-refractivity contribution in [1.29, 1.82) is 0 Å². The molecule has 2 aliphatic rings. The molecule has 14 heavy (non-hydrogen) atoms. The second-order valence-electron chi connectivity index (χ2n) is 5.73. The third kappa shape index (κ3) is 1.81. The lowest BCUT2D eigenvalue weighted by Crippen LogP contribution is -2.43. The normalized spacial score (nSPS) is 26.1. The zero-order chi connectivity index (χ0) is 10.2. The Morgan fingerprint density at radius 1 is 1.21 bits per heavy atom. The van der Waals surface area contributed by atoms with E-state index in [2.05, 4.69) is 43.3 Å². The fourth-order valence-electron chi connectivity index (χ4n) is 2.40. The summed E-state index contributed by atoms with van der Waals surface area (Å²) in [5.74, 6) is 0. The largest absolute Gasteiger partial charge is 0.372 e. The molecule has 2 nitrogen and oxygen atoms in total. The van der Waals surface area contributed by atoms with E-state index in [1.54, 1.807) is 0 Å². The minimum atomic E-state index is 0.283. The van der Waals surface area contributed by atoms with Crippen LogP contribution in [-0.4, -0.2) is 30.1 Å². The average Bonchev–Trinajstić information content (AvgIpc) is 2.50. The molecule has 0 radical (unpaired) electrons. The Morgan fingerprint density at radius 3 is 2.36 bits per heavy atom. The third-order valence-corrected chi connectivity index (χ3v) is 3.55. The second kappa shape index (κ2) is 3.27. The molecule has 0 aliphatic carbocycles. The van der Waals surface area contributed by atoms with Crippen LogP contribution in [0.3, 0.4) is 0 Å². The molecule has 0 unspecified atom stereocenters. The molecule has 0 atom stereocenters. The van der Waals surface area contributed by atoms with Crippen LogP contribution in [0.25, 0.3) is 0 Å². The lowest BCUT2D eigenvalue weighted by Gasteiger charge is -2.38. The van der Waals surface area contributed by atoms with E-state index in [0.717, 1.165) is 0 Å². The molecule has 2 heteroatoms. The highest BCUT2D eigenvalue weighted by molar-refractivity contribution is 5.12. The predicted molar refractivity (Wildman–Crippen MR) is 60.1 cm³/mol. The first-order chi connectivity index (χ1) is 6.52. The molecule has 0 bridgehead atoms. The molecule has 1 spiro atoms. The van der Waals surface area contributed by atoms with Crippen molar-refractivity contribution < 1.29 is 0 Å². The van der Waals surface area contributed by atoms with Gasteiger partial charge in [0.05, 0.1) is 0 Å². The molecule has 80 valence electrons. The van der Waals surface area contributed by atoms with E-state index in [9.17, 15) is 0 Å². The van der Waals surface area contributed by atoms with E-state index in [4.69, 9.17) is 0 Å². The van der Waals surface area contributed by atoms with Gasteiger partial charge in [0.2, 0.25) is 0 Å². The molecule has 0 saturated carbocycles. The Bertz CT molecular complexity index is 231. The highest BCUT2D eigenvalue weighted by Crippen LogP contribution is 2.38. The van der Waals surface area contributed by atoms with Crippen molar-refractivity contribution in [1.82, 2.24) is 10.2 Å². The topological polar surface area (TPSA) is 15.3 Å². The number of piperidine rings is 1. The van der Waals surface area contributed by atoms with Crippen molar-refractivity contribution in [3.05, 3.63) is 12.3 Å². The van der Waals surface area contributed by atoms with Crippen LogP contribution in [-0.2, 0) is 0 Å². The molecule has 2 rings (SSSR count). The summed E-state index contributed by atoms with van der Waals surface area (Å²) in [4.78, 5) is 2.48. The van der Waals surface area contributed by atoms with E-state index in [0.29, 0.717) is 5.41 Å². The highest BCUT2D eigenvalue weighted by Gasteiger charge is 2.37. The predicted octanol–water partition coefficient (Wildman–Crippen LogP) is 1.98. The van der Waals surface area contributed by atoms with Gasteiger partial charge in [-0.15, -0.1) is 0 Å². The molecule has 0 aromatic carbocycles. The molecule has 2 aliphatic heterocycles. The fraction of sp³-hybridized carbons (Fsp3) is 0.833. The standard InChI is InChI=1S/C12H22N2/c1-11(2,3)14-9-6-12(10-14)4-7-13-8-5-12/h6,9,13H,4-5,7-8,10H2,1-3H3. The molecule has 1 N–H and O–H groups in total. The van der Waals surface area contributed by atoms with Crippen LogP contribution in [0.1, 0.15) is 33.6 Å². The quantitative estimate of drug-likeness (QED) is 0.634. The van der Waals surface area contributed by atoms with Gasteiger partial charge in [-0.3, -0.25) is 0 Å². The van der Waals surface area contributed by atoms with Crippen LogP contribution in [0.15, 0.2) is 12.3 Å². The Balaban J connectivity index is 2.04. The molecule has 1 fully saturated rings. The maximum Gasteiger partial charge on any atom is 0.0312 e. The van der Waals surface area contributed by atoms with Gasteiger partial charge in [-0.25, -0.2) is 0 Å². The first-order valence-corrected chi connectivity index (χ1v) is 5.69. The van der Waals surface area contributed by atoms with Crippen molar-refractivity contribution in [3.63, 3.8) is 0 Å². The zero-order valence-electron chi connectivity index (χ0n) is 9.64. The summed E-state index contributed by atoms with van der Waals surface area (Å²) in [6.45, 7) is 10.5. The summed E-state index contributed by atoms with van der Waals surface area (Å²) in [7, 11) is 0. The number of nitrogens with one attached hydrogen (secondary N) is 1. The van der Waals surface area contributed by atoms with Gasteiger partial charge in [0, 0.05) is 17.5 Å². The summed E-state index contributed by atoms with van der Waals surface area (Å²) < 4.78 is 0. The van der Waals surface area contributed by atoms with Crippen LogP contribution in [0, 0.1) is 5.41 Å². The minimum absolute atomic E-state index is 0.283. The smallest absolute Gasteiger partial charge is 0.0312 e. The maximum absolute atomic E-state index is 3.44. The summed E-state index contributed by atoms with van der Waals surface area (Å²) in [6, 6.07) is 0. The van der Waals surface area contributed by atoms with Gasteiger partial charge in [0.15, 0.2) is 0 Å². The maximum atomic E-state index is 3.44. The lowest BCUT2D eigenvalue weighted by molar-refractivity contribution is 0.150. The third-order valence-electron chi connectivity index (χ3n) is 3.55. The number of hydrogen-bond donors (Lipinski definition) is 1. The van der Waals surface area contributed by atoms with Gasteiger partial charge in [-0.2, -0.15) is 0 Å². The SMILES string of the molecule is CC(C)(C)N1C=CC2(CCNCC2)C1. The van der Waals surface area contributed by atoms with E-state index in [-0.39, 0.29) is 5.54 Å². The Hall–Kier alpha value is -0.500. The average molecular weight is 194 g/mol. The Labute approximate surface area is 87.4 Å². The zero-order valence-corrected chi connectivity index (χ0v) is 9.64. The van der Waals surface area contributed by atoms with Gasteiger partial charge in [0.1, 0.15) is 0 Å². The van der Waals surface area contributed by atoms with E-state index >= 15 is 0 Å². The van der Waals surface area contributed by atoms with E-state index < -0.39 is 0 Å². The van der Waals surface area contributed by atoms with Crippen molar-refractivity contribution in [3.8, 4) is 0 Å². The van der Waals surface area contributed by atoms with Crippen LogP contribution in [0.2, 0.25) is 0 Å². The van der Waals surface area contributed by atoms with Gasteiger partial charge in [-0.1, -0.05) is 6.08 Å². The summed E-state index contributed by atoms with van der Waals surface area (Å²) in [5, 5.41) is 3.44. The first kappa shape index (κ1) is 10.0. The number of hydrogen-bond acceptors (Lipinski definition) is 2. The molecular weight excluding hydrogens is 172 g/mol. The van der Waals surface area contributed by atoms with Crippen LogP contribution < -0.4 is 5.32 Å². The van der Waals surface area contributed by atoms with E-state index in [1.807, 2.05) is 0 Å². The fourth-order valence-corrected chi connectivity index (χ4v) is 2.40. The monoisotopic (exact) mass is 194 g/mol. The first-order valence-electron chi connectivity index (χ1n) is 5.69. The van der Waals surface area contributed by atoms with Gasteiger partial charge >= 0.3 is 0 Å². The van der Waals surface area contributed by atoms with Crippen molar-refractivity contribution in [2.75, 3.05) is 19.6 Å². The molecule has 2 heterocycles. The summed E-state index contributed by atoms with van der Waals surface area (Å²) in [5.41, 5.74) is 0.767. The highest BCUT2D eigenvalue weighted by atomic mass is 15.2. The summed E-state index contributed by atoms with van der Waals surface area (Å²) in [6.07, 6.45) is 7.36. The minimum Gasteiger partial charge on any atom is -0.372 e. The van der Waals surface area contributed by atoms with Gasteiger partial charge in [-0.05, 0) is 52.9 Å². The second-order valence-corrected chi connectivity index (χ2v) is 5.73. The van der Waals surface area contributed by atoms with Crippen LogP contribution >= 0.6 is 0 Å². The Morgan fingerprint density at radius 2 is 1.86 bits per heavy atom. The van der Waals surface area contributed by atoms with Crippen molar-refractivity contribution in [2.24, 2.45) is 5.41 Å². The van der Waals surface area contributed by atoms with Gasteiger partial charge in [0.25, 0.3) is 0 Å². The van der Waals surface area contributed by atoms with E-state index in [1.165, 1.54) is 32.5 Å². The Kier molecular flexibility index (Phi) is 2.34. The van der Waals surface area contributed by atoms with Crippen molar-refractivity contribution >= 4 is 0 Å². The molecule has 0 aromatic rings. The summed E-state index contributed by atoms with van der Waals surface area (Å²) >= 11 is 0. The van der Waals surface area contributed by atoms with Crippen LogP contribution in [0.4, 0.5) is 0 Å². The molecular formula is C12H22N2. The van der Waals surface area contributed by atoms with Gasteiger partial charge < -0.3 is 10.2 Å². The van der Waals surface area contributed by atoms with Crippen molar-refractivity contribution in [2.45, 2.75) is 39.2 Å². The lowest BCUT2D eigenvalue weighted by atomic mass is 9.80. The number of rotatable bonds is 0. The molecule has 0 amide bonds. The molecule has 1 saturated heterocycles. The molecule has 0 aromatic heterocycles.